The van der Waals surface area contributed by atoms with E-state index in [9.17, 15) is 13.2 Å². The molecule has 2 rings (SSSR count). The Morgan fingerprint density at radius 2 is 1.63 bits per heavy atom. The highest BCUT2D eigenvalue weighted by molar-refractivity contribution is 7.89. The zero-order chi connectivity index (χ0) is 20.0. The standard InChI is InChI=1S/C19H26N4O3S/c1-22(2)14-16-9-6-5-8-15(16)13-20-19(24)21-17-10-7-11-18(12-17)27(25,26)23(3)4/h5-12H,13-14H2,1-4H3,(H2,20,21,24). The Kier molecular flexibility index (Phi) is 6.95. The van der Waals surface area contributed by atoms with Crippen LogP contribution < -0.4 is 10.6 Å². The van der Waals surface area contributed by atoms with Crippen LogP contribution in [0.5, 0.6) is 0 Å². The molecule has 7 nitrogen and oxygen atoms in total. The highest BCUT2D eigenvalue weighted by atomic mass is 32.2. The normalized spacial score (nSPS) is 11.6. The van der Waals surface area contributed by atoms with Crippen LogP contribution in [-0.4, -0.2) is 51.8 Å². The molecule has 0 radical (unpaired) electrons. The molecule has 2 N–H and O–H groups in total. The van der Waals surface area contributed by atoms with Crippen molar-refractivity contribution in [3.8, 4) is 0 Å². The van der Waals surface area contributed by atoms with Crippen molar-refractivity contribution in [2.45, 2.75) is 18.0 Å². The summed E-state index contributed by atoms with van der Waals surface area (Å²) in [7, 11) is 3.36. The summed E-state index contributed by atoms with van der Waals surface area (Å²) < 4.78 is 25.5. The maximum absolute atomic E-state index is 12.2. The van der Waals surface area contributed by atoms with E-state index in [-0.39, 0.29) is 4.90 Å². The van der Waals surface area contributed by atoms with Gasteiger partial charge in [0.15, 0.2) is 0 Å². The summed E-state index contributed by atoms with van der Waals surface area (Å²) in [5.41, 5.74) is 2.59. The number of hydrogen-bond donors (Lipinski definition) is 2. The van der Waals surface area contributed by atoms with Gasteiger partial charge in [0, 0.05) is 32.9 Å². The molecule has 0 aliphatic rings. The number of sulfonamides is 1. The lowest BCUT2D eigenvalue weighted by atomic mass is 10.1. The van der Waals surface area contributed by atoms with Gasteiger partial charge in [-0.05, 0) is 43.4 Å². The zero-order valence-electron chi connectivity index (χ0n) is 16.1. The van der Waals surface area contributed by atoms with Gasteiger partial charge < -0.3 is 15.5 Å². The van der Waals surface area contributed by atoms with Gasteiger partial charge in [-0.2, -0.15) is 0 Å². The number of urea groups is 1. The van der Waals surface area contributed by atoms with E-state index < -0.39 is 16.1 Å². The molecule has 0 fully saturated rings. The summed E-state index contributed by atoms with van der Waals surface area (Å²) in [6, 6.07) is 13.7. The highest BCUT2D eigenvalue weighted by Crippen LogP contribution is 2.18. The second-order valence-corrected chi connectivity index (χ2v) is 8.78. The van der Waals surface area contributed by atoms with Crippen molar-refractivity contribution in [3.63, 3.8) is 0 Å². The molecule has 0 heterocycles. The maximum atomic E-state index is 12.2. The molecule has 0 aliphatic heterocycles. The molecule has 2 aromatic rings. The first-order chi connectivity index (χ1) is 12.7. The molecule has 2 amide bonds. The molecular weight excluding hydrogens is 364 g/mol. The molecule has 146 valence electrons. The minimum atomic E-state index is -3.55. The van der Waals surface area contributed by atoms with Crippen LogP contribution in [0.2, 0.25) is 0 Å². The first kappa shape index (κ1) is 20.9. The monoisotopic (exact) mass is 390 g/mol. The molecule has 27 heavy (non-hydrogen) atoms. The molecule has 2 aromatic carbocycles. The number of carbonyl (C=O) groups excluding carboxylic acids is 1. The van der Waals surface area contributed by atoms with Gasteiger partial charge in [-0.1, -0.05) is 30.3 Å². The second-order valence-electron chi connectivity index (χ2n) is 6.63. The Labute approximate surface area is 161 Å². The average molecular weight is 391 g/mol. The van der Waals surface area contributed by atoms with Crippen molar-refractivity contribution < 1.29 is 13.2 Å². The number of amides is 2. The first-order valence-electron chi connectivity index (χ1n) is 8.49. The fraction of sp³-hybridized carbons (Fsp3) is 0.316. The van der Waals surface area contributed by atoms with Crippen molar-refractivity contribution in [1.29, 1.82) is 0 Å². The lowest BCUT2D eigenvalue weighted by Crippen LogP contribution is -2.29. The van der Waals surface area contributed by atoms with Crippen molar-refractivity contribution in [2.75, 3.05) is 33.5 Å². The number of carbonyl (C=O) groups is 1. The summed E-state index contributed by atoms with van der Waals surface area (Å²) in [6.45, 7) is 1.16. The molecule has 0 aliphatic carbocycles. The Bertz CT molecular complexity index is 895. The van der Waals surface area contributed by atoms with Gasteiger partial charge in [-0.15, -0.1) is 0 Å². The quantitative estimate of drug-likeness (QED) is 0.760. The molecule has 0 spiro atoms. The number of rotatable bonds is 7. The maximum Gasteiger partial charge on any atom is 0.319 e. The lowest BCUT2D eigenvalue weighted by Gasteiger charge is -2.15. The number of benzene rings is 2. The van der Waals surface area contributed by atoms with Gasteiger partial charge in [0.2, 0.25) is 10.0 Å². The SMILES string of the molecule is CN(C)Cc1ccccc1CNC(=O)Nc1cccc(S(=O)(=O)N(C)C)c1. The summed E-state index contributed by atoms with van der Waals surface area (Å²) in [6.07, 6.45) is 0. The molecule has 0 unspecified atom stereocenters. The minimum Gasteiger partial charge on any atom is -0.334 e. The smallest absolute Gasteiger partial charge is 0.319 e. The molecule has 0 bridgehead atoms. The van der Waals surface area contributed by atoms with Crippen molar-refractivity contribution in [3.05, 3.63) is 59.7 Å². The molecule has 0 saturated heterocycles. The van der Waals surface area contributed by atoms with Crippen LogP contribution in [0.15, 0.2) is 53.4 Å². The fourth-order valence-corrected chi connectivity index (χ4v) is 3.47. The first-order valence-corrected chi connectivity index (χ1v) is 9.93. The summed E-state index contributed by atoms with van der Waals surface area (Å²) in [5.74, 6) is 0. The summed E-state index contributed by atoms with van der Waals surface area (Å²) in [4.78, 5) is 14.4. The molecule has 8 heteroatoms. The summed E-state index contributed by atoms with van der Waals surface area (Å²) in [5, 5.41) is 5.49. The topological polar surface area (TPSA) is 81.8 Å². The second kappa shape index (κ2) is 8.98. The third-order valence-corrected chi connectivity index (χ3v) is 5.73. The highest BCUT2D eigenvalue weighted by Gasteiger charge is 2.17. The number of hydrogen-bond acceptors (Lipinski definition) is 4. The van der Waals surface area contributed by atoms with E-state index in [0.717, 1.165) is 22.0 Å². The fourth-order valence-electron chi connectivity index (χ4n) is 2.52. The minimum absolute atomic E-state index is 0.127. The van der Waals surface area contributed by atoms with Gasteiger partial charge in [0.1, 0.15) is 0 Å². The average Bonchev–Trinajstić information content (AvgIpc) is 2.60. The third kappa shape index (κ3) is 5.78. The van der Waals surface area contributed by atoms with Gasteiger partial charge in [0.25, 0.3) is 0 Å². The molecular formula is C19H26N4O3S. The van der Waals surface area contributed by atoms with Crippen LogP contribution in [0.25, 0.3) is 0 Å². The van der Waals surface area contributed by atoms with Gasteiger partial charge in [0.05, 0.1) is 4.90 Å². The molecule has 0 aromatic heterocycles. The van der Waals surface area contributed by atoms with Crippen LogP contribution in [0, 0.1) is 0 Å². The Hall–Kier alpha value is -2.42. The van der Waals surface area contributed by atoms with Gasteiger partial charge in [-0.3, -0.25) is 0 Å². The van der Waals surface area contributed by atoms with Crippen LogP contribution in [-0.2, 0) is 23.1 Å². The van der Waals surface area contributed by atoms with E-state index in [0.29, 0.717) is 12.2 Å². The van der Waals surface area contributed by atoms with Crippen molar-refractivity contribution >= 4 is 21.7 Å². The number of nitrogens with one attached hydrogen (secondary N) is 2. The van der Waals surface area contributed by atoms with Crippen molar-refractivity contribution in [2.24, 2.45) is 0 Å². The third-order valence-electron chi connectivity index (χ3n) is 3.91. The number of nitrogens with zero attached hydrogens (tertiary/aromatic N) is 2. The van der Waals surface area contributed by atoms with Crippen LogP contribution in [0.4, 0.5) is 10.5 Å². The lowest BCUT2D eigenvalue weighted by molar-refractivity contribution is 0.251. The molecule has 0 atom stereocenters. The van der Waals surface area contributed by atoms with E-state index in [2.05, 4.69) is 15.5 Å². The van der Waals surface area contributed by atoms with E-state index in [1.807, 2.05) is 38.4 Å². The predicted octanol–water partition coefficient (Wildman–Crippen LogP) is 2.32. The van der Waals surface area contributed by atoms with E-state index in [4.69, 9.17) is 0 Å². The van der Waals surface area contributed by atoms with E-state index in [1.54, 1.807) is 12.1 Å². The van der Waals surface area contributed by atoms with E-state index >= 15 is 0 Å². The summed E-state index contributed by atoms with van der Waals surface area (Å²) >= 11 is 0. The Morgan fingerprint density at radius 3 is 2.26 bits per heavy atom. The Morgan fingerprint density at radius 1 is 0.963 bits per heavy atom. The molecule has 0 saturated carbocycles. The zero-order valence-corrected chi connectivity index (χ0v) is 16.9. The number of anilines is 1. The van der Waals surface area contributed by atoms with E-state index in [1.165, 1.54) is 26.2 Å². The van der Waals surface area contributed by atoms with Gasteiger partial charge in [-0.25, -0.2) is 17.5 Å². The van der Waals surface area contributed by atoms with Crippen LogP contribution >= 0.6 is 0 Å². The Balaban J connectivity index is 2.03. The van der Waals surface area contributed by atoms with Crippen molar-refractivity contribution in [1.82, 2.24) is 14.5 Å². The van der Waals surface area contributed by atoms with Gasteiger partial charge >= 0.3 is 6.03 Å². The largest absolute Gasteiger partial charge is 0.334 e. The predicted molar refractivity (Wildman–Crippen MR) is 107 cm³/mol. The van der Waals surface area contributed by atoms with Crippen LogP contribution in [0.1, 0.15) is 11.1 Å². The van der Waals surface area contributed by atoms with Crippen LogP contribution in [0.3, 0.4) is 0 Å².